The minimum absolute atomic E-state index is 0.209. The fourth-order valence-electron chi connectivity index (χ4n) is 0.857. The maximum absolute atomic E-state index is 7.63. The molecule has 0 amide bonds. The topological polar surface area (TPSA) is 48.6 Å². The van der Waals surface area contributed by atoms with Crippen LogP contribution in [0.25, 0.3) is 0 Å². The predicted octanol–water partition coefficient (Wildman–Crippen LogP) is 3.88. The Labute approximate surface area is 109 Å². The molecule has 0 aromatic heterocycles. The van der Waals surface area contributed by atoms with Crippen molar-refractivity contribution in [3.63, 3.8) is 0 Å². The highest BCUT2D eigenvalue weighted by atomic mass is 14.9. The van der Waals surface area contributed by atoms with E-state index in [1.807, 2.05) is 50.3 Å². The van der Waals surface area contributed by atoms with Gasteiger partial charge in [0, 0.05) is 6.21 Å². The van der Waals surface area contributed by atoms with Crippen LogP contribution >= 0.6 is 0 Å². The summed E-state index contributed by atoms with van der Waals surface area (Å²) in [6.45, 7) is 7.32. The molecule has 0 fully saturated rings. The van der Waals surface area contributed by atoms with E-state index in [2.05, 4.69) is 16.6 Å². The summed E-state index contributed by atoms with van der Waals surface area (Å²) in [4.78, 5) is 7.82. The number of hydrogen-bond donors (Lipinski definition) is 1. The van der Waals surface area contributed by atoms with Crippen LogP contribution in [0.4, 0.5) is 0 Å². The lowest BCUT2D eigenvalue weighted by Gasteiger charge is -1.93. The van der Waals surface area contributed by atoms with E-state index in [-0.39, 0.29) is 5.84 Å². The third-order valence-corrected chi connectivity index (χ3v) is 1.81. The third kappa shape index (κ3) is 8.97. The second-order valence-corrected chi connectivity index (χ2v) is 3.27. The average molecular weight is 241 g/mol. The molecular formula is C15H19N3. The van der Waals surface area contributed by atoms with Crippen LogP contribution in [-0.4, -0.2) is 18.4 Å². The normalized spacial score (nSPS) is 13.8. The Kier molecular flexibility index (Phi) is 9.78. The van der Waals surface area contributed by atoms with E-state index < -0.39 is 0 Å². The largest absolute Gasteiger partial charge is 0.283 e. The molecule has 18 heavy (non-hydrogen) atoms. The zero-order chi connectivity index (χ0) is 13.6. The fourth-order valence-corrected chi connectivity index (χ4v) is 0.857. The SMILES string of the molecule is C=C/C=C\C=C\C=NC=NC(=N)/C(C)=C/C=C\C. The first-order valence-corrected chi connectivity index (χ1v) is 5.61. The van der Waals surface area contributed by atoms with E-state index in [4.69, 9.17) is 5.41 Å². The molecule has 0 rings (SSSR count). The summed E-state index contributed by atoms with van der Waals surface area (Å²) < 4.78 is 0. The van der Waals surface area contributed by atoms with Crippen molar-refractivity contribution >= 4 is 18.4 Å². The fraction of sp³-hybridized carbons (Fsp3) is 0.133. The van der Waals surface area contributed by atoms with Gasteiger partial charge in [0.2, 0.25) is 0 Å². The second-order valence-electron chi connectivity index (χ2n) is 3.27. The molecule has 0 atom stereocenters. The van der Waals surface area contributed by atoms with Gasteiger partial charge in [-0.25, -0.2) is 9.98 Å². The lowest BCUT2D eigenvalue weighted by atomic mass is 10.2. The van der Waals surface area contributed by atoms with Crippen molar-refractivity contribution in [2.45, 2.75) is 13.8 Å². The molecule has 0 bridgehead atoms. The number of allylic oxidation sites excluding steroid dienone is 8. The number of nitrogens with zero attached hydrogens (tertiary/aromatic N) is 2. The first kappa shape index (κ1) is 15.7. The lowest BCUT2D eigenvalue weighted by molar-refractivity contribution is 1.38. The number of nitrogens with one attached hydrogen (secondary N) is 1. The highest BCUT2D eigenvalue weighted by Crippen LogP contribution is 1.96. The zero-order valence-corrected chi connectivity index (χ0v) is 10.9. The molecule has 3 heteroatoms. The van der Waals surface area contributed by atoms with E-state index in [0.29, 0.717) is 0 Å². The van der Waals surface area contributed by atoms with Crippen molar-refractivity contribution in [2.24, 2.45) is 9.98 Å². The van der Waals surface area contributed by atoms with Gasteiger partial charge in [0.05, 0.1) is 0 Å². The van der Waals surface area contributed by atoms with Crippen LogP contribution in [0.2, 0.25) is 0 Å². The molecule has 0 spiro atoms. The Hall–Kier alpha value is -2.29. The van der Waals surface area contributed by atoms with Gasteiger partial charge in [0.25, 0.3) is 0 Å². The third-order valence-electron chi connectivity index (χ3n) is 1.81. The van der Waals surface area contributed by atoms with Gasteiger partial charge in [-0.3, -0.25) is 5.41 Å². The van der Waals surface area contributed by atoms with Crippen LogP contribution in [0.1, 0.15) is 13.8 Å². The van der Waals surface area contributed by atoms with Gasteiger partial charge in [0.15, 0.2) is 0 Å². The molecule has 0 aliphatic carbocycles. The van der Waals surface area contributed by atoms with Crippen molar-refractivity contribution in [2.75, 3.05) is 0 Å². The molecule has 0 heterocycles. The first-order valence-electron chi connectivity index (χ1n) is 5.61. The molecule has 0 aliphatic rings. The smallest absolute Gasteiger partial charge is 0.149 e. The molecule has 0 aromatic carbocycles. The maximum Gasteiger partial charge on any atom is 0.149 e. The highest BCUT2D eigenvalue weighted by molar-refractivity contribution is 6.00. The quantitative estimate of drug-likeness (QED) is 0.417. The van der Waals surface area contributed by atoms with Crippen molar-refractivity contribution in [3.8, 4) is 0 Å². The number of amidine groups is 1. The summed E-state index contributed by atoms with van der Waals surface area (Å²) in [6, 6.07) is 0. The molecule has 3 nitrogen and oxygen atoms in total. The monoisotopic (exact) mass is 241 g/mol. The van der Waals surface area contributed by atoms with Gasteiger partial charge in [-0.1, -0.05) is 49.1 Å². The van der Waals surface area contributed by atoms with Crippen LogP contribution in [0, 0.1) is 5.41 Å². The Bertz CT molecular complexity index is 433. The van der Waals surface area contributed by atoms with E-state index in [0.717, 1.165) is 5.57 Å². The minimum atomic E-state index is 0.209. The van der Waals surface area contributed by atoms with E-state index >= 15 is 0 Å². The van der Waals surface area contributed by atoms with Gasteiger partial charge < -0.3 is 0 Å². The molecule has 0 saturated heterocycles. The van der Waals surface area contributed by atoms with Gasteiger partial charge in [-0.05, 0) is 25.5 Å². The molecule has 0 aliphatic heterocycles. The van der Waals surface area contributed by atoms with Crippen molar-refractivity contribution < 1.29 is 0 Å². The summed E-state index contributed by atoms with van der Waals surface area (Å²) in [5.41, 5.74) is 0.795. The Morgan fingerprint density at radius 3 is 2.50 bits per heavy atom. The van der Waals surface area contributed by atoms with Crippen LogP contribution < -0.4 is 0 Å². The standard InChI is InChI=1S/C15H19N3/c1-4-6-8-9-10-12-17-13-18-15(16)14(3)11-7-5-2/h4-13,16H,1H2,2-3H3/b7-5-,8-6-,10-9+,14-11+,16-15?,17-12?,18-13?. The maximum atomic E-state index is 7.63. The summed E-state index contributed by atoms with van der Waals surface area (Å²) in [6.07, 6.45) is 17.6. The number of aliphatic imine (C=N–C) groups is 2. The summed E-state index contributed by atoms with van der Waals surface area (Å²) in [5, 5.41) is 7.63. The van der Waals surface area contributed by atoms with E-state index in [1.165, 1.54) is 6.34 Å². The molecular weight excluding hydrogens is 222 g/mol. The number of hydrogen-bond acceptors (Lipinski definition) is 1. The van der Waals surface area contributed by atoms with E-state index in [9.17, 15) is 0 Å². The van der Waals surface area contributed by atoms with Gasteiger partial charge >= 0.3 is 0 Å². The number of rotatable bonds is 6. The Morgan fingerprint density at radius 2 is 1.83 bits per heavy atom. The van der Waals surface area contributed by atoms with Gasteiger partial charge in [0.1, 0.15) is 12.2 Å². The predicted molar refractivity (Wildman–Crippen MR) is 81.8 cm³/mol. The van der Waals surface area contributed by atoms with Crippen LogP contribution in [0.3, 0.4) is 0 Å². The van der Waals surface area contributed by atoms with Gasteiger partial charge in [-0.2, -0.15) is 0 Å². The summed E-state index contributed by atoms with van der Waals surface area (Å²) in [7, 11) is 0. The van der Waals surface area contributed by atoms with Gasteiger partial charge in [-0.15, -0.1) is 0 Å². The summed E-state index contributed by atoms with van der Waals surface area (Å²) >= 11 is 0. The summed E-state index contributed by atoms with van der Waals surface area (Å²) in [5.74, 6) is 0.209. The second kappa shape index (κ2) is 11.2. The van der Waals surface area contributed by atoms with Crippen molar-refractivity contribution in [3.05, 3.63) is 60.8 Å². The van der Waals surface area contributed by atoms with Crippen LogP contribution in [-0.2, 0) is 0 Å². The molecule has 0 unspecified atom stereocenters. The molecule has 0 aromatic rings. The molecule has 0 radical (unpaired) electrons. The zero-order valence-electron chi connectivity index (χ0n) is 10.9. The minimum Gasteiger partial charge on any atom is -0.283 e. The highest BCUT2D eigenvalue weighted by Gasteiger charge is 1.92. The van der Waals surface area contributed by atoms with Crippen LogP contribution in [0.15, 0.2) is 70.7 Å². The molecule has 0 saturated carbocycles. The molecule has 1 N–H and O–H groups in total. The van der Waals surface area contributed by atoms with Crippen molar-refractivity contribution in [1.29, 1.82) is 5.41 Å². The van der Waals surface area contributed by atoms with Crippen molar-refractivity contribution in [1.82, 2.24) is 0 Å². The lowest BCUT2D eigenvalue weighted by Crippen LogP contribution is -1.93. The Balaban J connectivity index is 4.20. The van der Waals surface area contributed by atoms with E-state index in [1.54, 1.807) is 18.4 Å². The first-order chi connectivity index (χ1) is 8.72. The average Bonchev–Trinajstić information content (AvgIpc) is 2.38. The molecule has 94 valence electrons. The van der Waals surface area contributed by atoms with Crippen LogP contribution in [0.5, 0.6) is 0 Å². The Morgan fingerprint density at radius 1 is 1.11 bits per heavy atom.